The minimum Gasteiger partial charge on any atom is -0.312 e. The molecule has 2 aliphatic heterocycles. The molecule has 2 aliphatic rings. The molecule has 1 aromatic rings. The van der Waals surface area contributed by atoms with Crippen molar-refractivity contribution in [3.63, 3.8) is 0 Å². The first kappa shape index (κ1) is 15.0. The van der Waals surface area contributed by atoms with E-state index < -0.39 is 0 Å². The average Bonchev–Trinajstić information content (AvgIpc) is 3.05. The van der Waals surface area contributed by atoms with Crippen LogP contribution in [-0.4, -0.2) is 59.4 Å². The van der Waals surface area contributed by atoms with Gasteiger partial charge in [-0.15, -0.1) is 0 Å². The molecule has 0 spiro atoms. The number of benzene rings is 1. The highest BCUT2D eigenvalue weighted by atomic mass is 19.1. The number of imide groups is 1. The van der Waals surface area contributed by atoms with E-state index in [0.717, 1.165) is 18.4 Å². The highest BCUT2D eigenvalue weighted by Gasteiger charge is 2.46. The second-order valence-corrected chi connectivity index (χ2v) is 5.99. The summed E-state index contributed by atoms with van der Waals surface area (Å²) in [5.74, 6) is -0.307. The molecule has 3 rings (SSSR count). The van der Waals surface area contributed by atoms with Crippen molar-refractivity contribution in [3.8, 4) is 0 Å². The zero-order valence-electron chi connectivity index (χ0n) is 12.7. The number of urea groups is 1. The number of rotatable bonds is 5. The fourth-order valence-corrected chi connectivity index (χ4v) is 3.14. The van der Waals surface area contributed by atoms with E-state index in [-0.39, 0.29) is 23.8 Å². The maximum Gasteiger partial charge on any atom is 0.327 e. The first-order chi connectivity index (χ1) is 10.6. The summed E-state index contributed by atoms with van der Waals surface area (Å²) in [5.41, 5.74) is 1.00. The van der Waals surface area contributed by atoms with Crippen LogP contribution in [0.4, 0.5) is 9.18 Å². The molecule has 0 bridgehead atoms. The smallest absolute Gasteiger partial charge is 0.312 e. The number of hydrogen-bond donors (Lipinski definition) is 0. The summed E-state index contributed by atoms with van der Waals surface area (Å²) in [6, 6.07) is 5.98. The molecule has 3 amide bonds. The largest absolute Gasteiger partial charge is 0.327 e. The fraction of sp³-hybridized carbons (Fsp3) is 0.500. The van der Waals surface area contributed by atoms with Gasteiger partial charge in [0.25, 0.3) is 5.91 Å². The molecule has 2 fully saturated rings. The second-order valence-electron chi connectivity index (χ2n) is 5.99. The quantitative estimate of drug-likeness (QED) is 0.778. The van der Waals surface area contributed by atoms with Crippen LogP contribution in [0.5, 0.6) is 0 Å². The lowest BCUT2D eigenvalue weighted by atomic mass is 10.2. The van der Waals surface area contributed by atoms with Gasteiger partial charge in [0.15, 0.2) is 0 Å². The van der Waals surface area contributed by atoms with Gasteiger partial charge in [-0.3, -0.25) is 9.69 Å². The van der Waals surface area contributed by atoms with E-state index in [2.05, 4.69) is 0 Å². The summed E-state index contributed by atoms with van der Waals surface area (Å²) in [7, 11) is 1.93. The molecule has 6 heteroatoms. The summed E-state index contributed by atoms with van der Waals surface area (Å²) in [4.78, 5) is 29.5. The van der Waals surface area contributed by atoms with Gasteiger partial charge in [0.1, 0.15) is 11.9 Å². The van der Waals surface area contributed by atoms with Crippen LogP contribution in [0.1, 0.15) is 18.4 Å². The van der Waals surface area contributed by atoms with Crippen LogP contribution in [0.2, 0.25) is 0 Å². The van der Waals surface area contributed by atoms with E-state index >= 15 is 0 Å². The third-order valence-electron chi connectivity index (χ3n) is 4.35. The van der Waals surface area contributed by atoms with E-state index in [1.54, 1.807) is 17.0 Å². The molecule has 1 atom stereocenters. The van der Waals surface area contributed by atoms with Gasteiger partial charge in [-0.2, -0.15) is 0 Å². The molecule has 0 aliphatic carbocycles. The SMILES string of the molecule is CN(CCN1C(=O)C2CCCN2C1=O)Cc1ccc(F)cc1. The zero-order chi connectivity index (χ0) is 15.7. The molecule has 0 N–H and O–H groups in total. The molecule has 2 heterocycles. The Morgan fingerprint density at radius 3 is 2.68 bits per heavy atom. The van der Waals surface area contributed by atoms with E-state index in [4.69, 9.17) is 0 Å². The number of carbonyl (C=O) groups excluding carboxylic acids is 2. The summed E-state index contributed by atoms with van der Waals surface area (Å²) in [5, 5.41) is 0. The number of fused-ring (bicyclic) bond motifs is 1. The van der Waals surface area contributed by atoms with Gasteiger partial charge in [-0.25, -0.2) is 9.18 Å². The Morgan fingerprint density at radius 2 is 2.00 bits per heavy atom. The molecule has 0 saturated carbocycles. The number of amides is 3. The van der Waals surface area contributed by atoms with Crippen LogP contribution in [-0.2, 0) is 11.3 Å². The molecule has 1 unspecified atom stereocenters. The van der Waals surface area contributed by atoms with Crippen molar-refractivity contribution >= 4 is 11.9 Å². The van der Waals surface area contributed by atoms with Crippen molar-refractivity contribution in [2.24, 2.45) is 0 Å². The molecule has 22 heavy (non-hydrogen) atoms. The number of halogens is 1. The lowest BCUT2D eigenvalue weighted by Gasteiger charge is -2.21. The maximum absolute atomic E-state index is 12.9. The van der Waals surface area contributed by atoms with Crippen molar-refractivity contribution in [2.45, 2.75) is 25.4 Å². The van der Waals surface area contributed by atoms with Crippen LogP contribution in [0.15, 0.2) is 24.3 Å². The molecule has 0 radical (unpaired) electrons. The Labute approximate surface area is 129 Å². The minimum atomic E-state index is -0.250. The Bertz CT molecular complexity index is 553. The van der Waals surface area contributed by atoms with Crippen LogP contribution in [0, 0.1) is 5.82 Å². The molecule has 1 aromatic carbocycles. The second kappa shape index (κ2) is 6.04. The molecule has 118 valence electrons. The van der Waals surface area contributed by atoms with Crippen molar-refractivity contribution < 1.29 is 14.0 Å². The predicted molar refractivity (Wildman–Crippen MR) is 79.6 cm³/mol. The first-order valence-corrected chi connectivity index (χ1v) is 7.61. The van der Waals surface area contributed by atoms with Crippen LogP contribution < -0.4 is 0 Å². The Hall–Kier alpha value is -1.95. The lowest BCUT2D eigenvalue weighted by Crippen LogP contribution is -2.38. The maximum atomic E-state index is 12.9. The van der Waals surface area contributed by atoms with Gasteiger partial charge in [0, 0.05) is 26.2 Å². The van der Waals surface area contributed by atoms with Gasteiger partial charge in [0.2, 0.25) is 0 Å². The highest BCUT2D eigenvalue weighted by Crippen LogP contribution is 2.27. The van der Waals surface area contributed by atoms with Gasteiger partial charge < -0.3 is 9.80 Å². The summed E-state index contributed by atoms with van der Waals surface area (Å²) >= 11 is 0. The monoisotopic (exact) mass is 305 g/mol. The molecule has 2 saturated heterocycles. The van der Waals surface area contributed by atoms with Crippen molar-refractivity contribution in [3.05, 3.63) is 35.6 Å². The van der Waals surface area contributed by atoms with E-state index in [1.807, 2.05) is 11.9 Å². The van der Waals surface area contributed by atoms with Crippen molar-refractivity contribution in [1.29, 1.82) is 0 Å². The van der Waals surface area contributed by atoms with Gasteiger partial charge in [-0.05, 0) is 37.6 Å². The Kier molecular flexibility index (Phi) is 4.11. The summed E-state index contributed by atoms with van der Waals surface area (Å²) in [6.07, 6.45) is 1.70. The number of nitrogens with zero attached hydrogens (tertiary/aromatic N) is 3. The fourth-order valence-electron chi connectivity index (χ4n) is 3.14. The normalized spacial score (nSPS) is 21.1. The summed E-state index contributed by atoms with van der Waals surface area (Å²) < 4.78 is 12.9. The van der Waals surface area contributed by atoms with Crippen molar-refractivity contribution in [1.82, 2.24) is 14.7 Å². The van der Waals surface area contributed by atoms with Gasteiger partial charge >= 0.3 is 6.03 Å². The van der Waals surface area contributed by atoms with E-state index in [0.29, 0.717) is 26.2 Å². The molecular formula is C16H20FN3O2. The van der Waals surface area contributed by atoms with Crippen LogP contribution in [0.25, 0.3) is 0 Å². The highest BCUT2D eigenvalue weighted by molar-refractivity contribution is 6.04. The minimum absolute atomic E-state index is 0.0577. The van der Waals surface area contributed by atoms with Gasteiger partial charge in [0.05, 0.1) is 0 Å². The van der Waals surface area contributed by atoms with Gasteiger partial charge in [-0.1, -0.05) is 12.1 Å². The zero-order valence-corrected chi connectivity index (χ0v) is 12.7. The number of hydrogen-bond acceptors (Lipinski definition) is 3. The van der Waals surface area contributed by atoms with Crippen molar-refractivity contribution in [2.75, 3.05) is 26.7 Å². The van der Waals surface area contributed by atoms with Crippen LogP contribution in [0.3, 0.4) is 0 Å². The third kappa shape index (κ3) is 2.83. The molecule has 5 nitrogen and oxygen atoms in total. The average molecular weight is 305 g/mol. The summed E-state index contributed by atoms with van der Waals surface area (Å²) in [6.45, 7) is 2.36. The third-order valence-corrected chi connectivity index (χ3v) is 4.35. The first-order valence-electron chi connectivity index (χ1n) is 7.61. The topological polar surface area (TPSA) is 43.9 Å². The number of carbonyl (C=O) groups is 2. The van der Waals surface area contributed by atoms with E-state index in [9.17, 15) is 14.0 Å². The number of likely N-dealkylation sites (N-methyl/N-ethyl adjacent to an activating group) is 1. The Morgan fingerprint density at radius 1 is 1.27 bits per heavy atom. The Balaban J connectivity index is 1.53. The van der Waals surface area contributed by atoms with Crippen LogP contribution >= 0.6 is 0 Å². The standard InChI is InChI=1S/C16H20FN3O2/c1-18(11-12-4-6-13(17)7-5-12)9-10-20-15(21)14-3-2-8-19(14)16(20)22/h4-7,14H,2-3,8-11H2,1H3. The van der Waals surface area contributed by atoms with E-state index in [1.165, 1.54) is 17.0 Å². The lowest BCUT2D eigenvalue weighted by molar-refractivity contribution is -0.128. The molecular weight excluding hydrogens is 285 g/mol. The molecule has 0 aromatic heterocycles. The predicted octanol–water partition coefficient (Wildman–Crippen LogP) is 1.68.